The highest BCUT2D eigenvalue weighted by atomic mass is 16.5. The summed E-state index contributed by atoms with van der Waals surface area (Å²) in [7, 11) is 0. The van der Waals surface area contributed by atoms with Crippen molar-refractivity contribution < 1.29 is 24.9 Å². The molecule has 0 amide bonds. The molecule has 17 heavy (non-hydrogen) atoms. The molecule has 0 atom stereocenters. The highest BCUT2D eigenvalue weighted by Crippen LogP contribution is 2.00. The Labute approximate surface area is 101 Å². The first kappa shape index (κ1) is 16.1. The van der Waals surface area contributed by atoms with Crippen molar-refractivity contribution in [2.45, 2.75) is 6.42 Å². The van der Waals surface area contributed by atoms with Gasteiger partial charge in [-0.3, -0.25) is 4.90 Å². The van der Waals surface area contributed by atoms with Gasteiger partial charge in [0.15, 0.2) is 0 Å². The Bertz CT molecular complexity index is 226. The Balaban J connectivity index is 3.97. The zero-order valence-corrected chi connectivity index (χ0v) is 9.97. The number of aliphatic hydroxyl groups excluding tert-OH is 3. The van der Waals surface area contributed by atoms with E-state index >= 15 is 0 Å². The number of ether oxygens (including phenoxy) is 1. The largest absolute Gasteiger partial charge is 0.462 e. The van der Waals surface area contributed by atoms with E-state index in [2.05, 4.69) is 6.58 Å². The average Bonchev–Trinajstić information content (AvgIpc) is 2.29. The van der Waals surface area contributed by atoms with Gasteiger partial charge in [-0.15, -0.1) is 0 Å². The lowest BCUT2D eigenvalue weighted by Gasteiger charge is -2.20. The van der Waals surface area contributed by atoms with Crippen LogP contribution in [-0.4, -0.2) is 72.3 Å². The summed E-state index contributed by atoms with van der Waals surface area (Å²) in [4.78, 5) is 13.1. The van der Waals surface area contributed by atoms with Crippen LogP contribution in [0.4, 0.5) is 0 Å². The van der Waals surface area contributed by atoms with Gasteiger partial charge in [0.25, 0.3) is 0 Å². The van der Waals surface area contributed by atoms with E-state index < -0.39 is 5.97 Å². The normalized spacial score (nSPS) is 10.6. The van der Waals surface area contributed by atoms with E-state index in [9.17, 15) is 4.79 Å². The van der Waals surface area contributed by atoms with Gasteiger partial charge in [0.05, 0.1) is 19.8 Å². The second-order valence-electron chi connectivity index (χ2n) is 3.54. The molecule has 6 nitrogen and oxygen atoms in total. The van der Waals surface area contributed by atoms with Crippen LogP contribution in [0.15, 0.2) is 12.2 Å². The van der Waals surface area contributed by atoms with E-state index in [-0.39, 0.29) is 38.5 Å². The van der Waals surface area contributed by atoms with Crippen molar-refractivity contribution >= 4 is 5.97 Å². The maximum absolute atomic E-state index is 11.4. The molecule has 0 aliphatic rings. The van der Waals surface area contributed by atoms with Gasteiger partial charge in [0, 0.05) is 38.2 Å². The number of carbonyl (C=O) groups excluding carboxylic acids is 1. The maximum atomic E-state index is 11.4. The molecule has 0 aliphatic carbocycles. The molecule has 0 unspecified atom stereocenters. The van der Waals surface area contributed by atoms with Crippen LogP contribution in [0.2, 0.25) is 0 Å². The van der Waals surface area contributed by atoms with E-state index in [1.165, 1.54) is 0 Å². The molecule has 0 heterocycles. The summed E-state index contributed by atoms with van der Waals surface area (Å²) in [6.07, 6.45) is 0.399. The lowest BCUT2D eigenvalue weighted by Crippen LogP contribution is -2.33. The zero-order chi connectivity index (χ0) is 13.1. The topological polar surface area (TPSA) is 90.2 Å². The fraction of sp³-hybridized carbons (Fsp3) is 0.727. The molecule has 0 spiro atoms. The Hall–Kier alpha value is -0.950. The van der Waals surface area contributed by atoms with Crippen LogP contribution < -0.4 is 0 Å². The minimum Gasteiger partial charge on any atom is -0.462 e. The summed E-state index contributed by atoms with van der Waals surface area (Å²) in [6, 6.07) is 0. The summed E-state index contributed by atoms with van der Waals surface area (Å²) in [5.74, 6) is -0.515. The molecule has 6 heteroatoms. The van der Waals surface area contributed by atoms with Crippen LogP contribution in [-0.2, 0) is 9.53 Å². The van der Waals surface area contributed by atoms with Crippen molar-refractivity contribution in [3.05, 3.63) is 12.2 Å². The van der Waals surface area contributed by atoms with E-state index in [0.717, 1.165) is 0 Å². The van der Waals surface area contributed by atoms with Gasteiger partial charge in [-0.1, -0.05) is 6.58 Å². The van der Waals surface area contributed by atoms with Crippen LogP contribution in [0, 0.1) is 0 Å². The number of nitrogens with zero attached hydrogens (tertiary/aromatic N) is 1. The molecule has 0 aromatic carbocycles. The molecule has 0 aliphatic heterocycles. The number of esters is 1. The zero-order valence-electron chi connectivity index (χ0n) is 9.97. The quantitative estimate of drug-likeness (QED) is 0.254. The Morgan fingerprint density at radius 2 is 1.71 bits per heavy atom. The van der Waals surface area contributed by atoms with Gasteiger partial charge in [0.1, 0.15) is 0 Å². The number of carbonyl (C=O) groups is 1. The molecule has 0 radical (unpaired) electrons. The van der Waals surface area contributed by atoms with E-state index in [1.807, 2.05) is 0 Å². The molecule has 0 saturated heterocycles. The molecule has 0 saturated carbocycles. The SMILES string of the molecule is C=C(CN(CCO)CCO)C(=O)OCCCO. The first-order valence-electron chi connectivity index (χ1n) is 5.55. The second-order valence-corrected chi connectivity index (χ2v) is 3.54. The number of rotatable bonds is 10. The van der Waals surface area contributed by atoms with Crippen LogP contribution in [0.25, 0.3) is 0 Å². The molecule has 0 bridgehead atoms. The lowest BCUT2D eigenvalue weighted by atomic mass is 10.2. The molecule has 100 valence electrons. The minimum atomic E-state index is -0.515. The van der Waals surface area contributed by atoms with Gasteiger partial charge in [-0.05, 0) is 0 Å². The van der Waals surface area contributed by atoms with Crippen molar-refractivity contribution in [2.75, 3.05) is 46.1 Å². The van der Waals surface area contributed by atoms with Gasteiger partial charge < -0.3 is 20.1 Å². The highest BCUT2D eigenvalue weighted by Gasteiger charge is 2.12. The van der Waals surface area contributed by atoms with Gasteiger partial charge >= 0.3 is 5.97 Å². The lowest BCUT2D eigenvalue weighted by molar-refractivity contribution is -0.139. The highest BCUT2D eigenvalue weighted by molar-refractivity contribution is 5.88. The fourth-order valence-electron chi connectivity index (χ4n) is 1.22. The molecule has 0 fully saturated rings. The summed E-state index contributed by atoms with van der Waals surface area (Å²) >= 11 is 0. The van der Waals surface area contributed by atoms with E-state index in [0.29, 0.717) is 19.5 Å². The van der Waals surface area contributed by atoms with Gasteiger partial charge in [0.2, 0.25) is 0 Å². The summed E-state index contributed by atoms with van der Waals surface area (Å²) in [5, 5.41) is 26.1. The van der Waals surface area contributed by atoms with Crippen LogP contribution in [0.5, 0.6) is 0 Å². The maximum Gasteiger partial charge on any atom is 0.334 e. The third kappa shape index (κ3) is 7.87. The van der Waals surface area contributed by atoms with Crippen LogP contribution in [0.1, 0.15) is 6.42 Å². The number of hydrogen-bond donors (Lipinski definition) is 3. The summed E-state index contributed by atoms with van der Waals surface area (Å²) in [5.41, 5.74) is 0.268. The smallest absolute Gasteiger partial charge is 0.334 e. The first-order chi connectivity index (χ1) is 8.15. The summed E-state index contributed by atoms with van der Waals surface area (Å²) in [6.45, 7) is 4.61. The summed E-state index contributed by atoms with van der Waals surface area (Å²) < 4.78 is 4.85. The molecule has 0 rings (SSSR count). The van der Waals surface area contributed by atoms with Crippen LogP contribution >= 0.6 is 0 Å². The van der Waals surface area contributed by atoms with Gasteiger partial charge in [-0.2, -0.15) is 0 Å². The molecule has 0 aromatic heterocycles. The Morgan fingerprint density at radius 3 is 2.18 bits per heavy atom. The average molecular weight is 247 g/mol. The fourth-order valence-corrected chi connectivity index (χ4v) is 1.22. The first-order valence-corrected chi connectivity index (χ1v) is 5.55. The monoisotopic (exact) mass is 247 g/mol. The molecule has 0 aromatic rings. The molecular formula is C11H21NO5. The Morgan fingerprint density at radius 1 is 1.12 bits per heavy atom. The van der Waals surface area contributed by atoms with Crippen molar-refractivity contribution in [1.82, 2.24) is 4.90 Å². The standard InChI is InChI=1S/C11H21NO5/c1-10(11(16)17-8-2-5-13)9-12(3-6-14)4-7-15/h13-15H,1-9H2. The van der Waals surface area contributed by atoms with Crippen molar-refractivity contribution in [3.63, 3.8) is 0 Å². The third-order valence-corrected chi connectivity index (χ3v) is 2.07. The third-order valence-electron chi connectivity index (χ3n) is 2.07. The molecular weight excluding hydrogens is 226 g/mol. The van der Waals surface area contributed by atoms with Crippen molar-refractivity contribution in [2.24, 2.45) is 0 Å². The number of hydrogen-bond acceptors (Lipinski definition) is 6. The predicted molar refractivity (Wildman–Crippen MR) is 62.4 cm³/mol. The van der Waals surface area contributed by atoms with Gasteiger partial charge in [-0.25, -0.2) is 4.79 Å². The number of aliphatic hydroxyl groups is 3. The second kappa shape index (κ2) is 10.2. The molecule has 3 N–H and O–H groups in total. The Kier molecular flexibility index (Phi) is 9.65. The van der Waals surface area contributed by atoms with Crippen molar-refractivity contribution in [3.8, 4) is 0 Å². The van der Waals surface area contributed by atoms with E-state index in [1.54, 1.807) is 4.90 Å². The van der Waals surface area contributed by atoms with E-state index in [4.69, 9.17) is 20.1 Å². The van der Waals surface area contributed by atoms with Crippen LogP contribution in [0.3, 0.4) is 0 Å². The minimum absolute atomic E-state index is 0.0269. The predicted octanol–water partition coefficient (Wildman–Crippen LogP) is -1.25. The van der Waals surface area contributed by atoms with Crippen molar-refractivity contribution in [1.29, 1.82) is 0 Å².